The zero-order chi connectivity index (χ0) is 13.1. The Kier molecular flexibility index (Phi) is 3.20. The molecule has 90 valence electrons. The lowest BCUT2D eigenvalue weighted by Crippen LogP contribution is -2.02. The largest absolute Gasteiger partial charge is 0.139 e. The molecule has 0 spiro atoms. The van der Waals surface area contributed by atoms with E-state index in [4.69, 9.17) is 0 Å². The molecule has 0 aliphatic rings. The van der Waals surface area contributed by atoms with Crippen molar-refractivity contribution in [2.75, 3.05) is 0 Å². The summed E-state index contributed by atoms with van der Waals surface area (Å²) < 4.78 is 0. The average Bonchev–Trinajstić information content (AvgIpc) is 2.48. The number of hydrogen-bond acceptors (Lipinski definition) is 0. The van der Waals surface area contributed by atoms with Gasteiger partial charge in [-0.3, -0.25) is 0 Å². The van der Waals surface area contributed by atoms with Crippen LogP contribution >= 0.6 is 0 Å². The lowest BCUT2D eigenvalue weighted by atomic mass is 9.88. The molecular formula is C18H15B. The molecule has 3 aromatic carbocycles. The van der Waals surface area contributed by atoms with Crippen molar-refractivity contribution in [1.82, 2.24) is 0 Å². The predicted molar refractivity (Wildman–Crippen MR) is 85.5 cm³/mol. The van der Waals surface area contributed by atoms with Crippen molar-refractivity contribution >= 4 is 13.3 Å². The second-order valence-corrected chi connectivity index (χ2v) is 4.82. The van der Waals surface area contributed by atoms with Crippen LogP contribution in [-0.2, 0) is 0 Å². The predicted octanol–water partition coefficient (Wildman–Crippen LogP) is 3.28. The van der Waals surface area contributed by atoms with Gasteiger partial charge in [-0.2, -0.15) is 0 Å². The SMILES string of the molecule is Bc1cc(-c2ccccc2)cc(-c2ccccc2)c1. The molecule has 0 aliphatic carbocycles. The van der Waals surface area contributed by atoms with Crippen molar-refractivity contribution in [3.05, 3.63) is 78.9 Å². The summed E-state index contributed by atoms with van der Waals surface area (Å²) in [6.07, 6.45) is 0. The quantitative estimate of drug-likeness (QED) is 0.605. The highest BCUT2D eigenvalue weighted by Gasteiger charge is 2.02. The van der Waals surface area contributed by atoms with E-state index in [2.05, 4.69) is 86.7 Å². The van der Waals surface area contributed by atoms with Gasteiger partial charge in [0.25, 0.3) is 0 Å². The van der Waals surface area contributed by atoms with Crippen LogP contribution in [-0.4, -0.2) is 7.85 Å². The van der Waals surface area contributed by atoms with Gasteiger partial charge < -0.3 is 0 Å². The normalized spacial score (nSPS) is 10.3. The van der Waals surface area contributed by atoms with Crippen molar-refractivity contribution in [3.8, 4) is 22.3 Å². The molecule has 0 aliphatic heterocycles. The fourth-order valence-corrected chi connectivity index (χ4v) is 2.38. The van der Waals surface area contributed by atoms with Gasteiger partial charge in [-0.25, -0.2) is 0 Å². The van der Waals surface area contributed by atoms with Crippen molar-refractivity contribution in [3.63, 3.8) is 0 Å². The monoisotopic (exact) mass is 242 g/mol. The van der Waals surface area contributed by atoms with E-state index in [1.165, 1.54) is 27.7 Å². The number of hydrogen-bond donors (Lipinski definition) is 0. The van der Waals surface area contributed by atoms with Gasteiger partial charge >= 0.3 is 0 Å². The first kappa shape index (κ1) is 11.8. The number of benzene rings is 3. The third-order valence-electron chi connectivity index (χ3n) is 3.29. The first-order valence-corrected chi connectivity index (χ1v) is 6.55. The third kappa shape index (κ3) is 2.60. The molecule has 0 heterocycles. The van der Waals surface area contributed by atoms with E-state index in [-0.39, 0.29) is 0 Å². The minimum Gasteiger partial charge on any atom is -0.0877 e. The number of rotatable bonds is 2. The molecule has 19 heavy (non-hydrogen) atoms. The maximum atomic E-state index is 2.26. The molecule has 0 amide bonds. The first-order chi connectivity index (χ1) is 9.33. The highest BCUT2D eigenvalue weighted by Crippen LogP contribution is 2.24. The molecule has 3 rings (SSSR count). The van der Waals surface area contributed by atoms with E-state index in [1.807, 2.05) is 0 Å². The van der Waals surface area contributed by atoms with Crippen LogP contribution in [0.3, 0.4) is 0 Å². The molecule has 3 aromatic rings. The van der Waals surface area contributed by atoms with Crippen LogP contribution in [0, 0.1) is 0 Å². The zero-order valence-electron chi connectivity index (χ0n) is 11.0. The van der Waals surface area contributed by atoms with E-state index in [0.29, 0.717) is 0 Å². The molecule has 0 fully saturated rings. The van der Waals surface area contributed by atoms with E-state index in [1.54, 1.807) is 0 Å². The summed E-state index contributed by atoms with van der Waals surface area (Å²) in [6.45, 7) is 0. The summed E-state index contributed by atoms with van der Waals surface area (Å²) in [6, 6.07) is 27.8. The maximum Gasteiger partial charge on any atom is 0.139 e. The minimum absolute atomic E-state index is 1.27. The molecule has 1 heteroatoms. The Hall–Kier alpha value is -2.28. The fourth-order valence-electron chi connectivity index (χ4n) is 2.38. The molecule has 0 radical (unpaired) electrons. The molecule has 0 aromatic heterocycles. The first-order valence-electron chi connectivity index (χ1n) is 6.55. The van der Waals surface area contributed by atoms with E-state index < -0.39 is 0 Å². The standard InChI is InChI=1S/C18H15B/c19-18-12-16(14-7-3-1-4-8-14)11-17(13-18)15-9-5-2-6-10-15/h1-13H,19H2. The van der Waals surface area contributed by atoms with Crippen LogP contribution in [0.2, 0.25) is 0 Å². The Bertz CT molecular complexity index is 615. The molecule has 0 N–H and O–H groups in total. The Morgan fingerprint density at radius 3 is 1.32 bits per heavy atom. The van der Waals surface area contributed by atoms with Crippen LogP contribution in [0.4, 0.5) is 0 Å². The molecule has 0 nitrogen and oxygen atoms in total. The van der Waals surface area contributed by atoms with Gasteiger partial charge in [-0.05, 0) is 28.3 Å². The van der Waals surface area contributed by atoms with Crippen LogP contribution in [0.15, 0.2) is 78.9 Å². The van der Waals surface area contributed by atoms with Crippen LogP contribution in [0.5, 0.6) is 0 Å². The Morgan fingerprint density at radius 2 is 0.895 bits per heavy atom. The van der Waals surface area contributed by atoms with Crippen LogP contribution in [0.1, 0.15) is 0 Å². The molecule has 0 bridgehead atoms. The van der Waals surface area contributed by atoms with Gasteiger partial charge in [-0.1, -0.05) is 78.3 Å². The highest BCUT2D eigenvalue weighted by molar-refractivity contribution is 6.33. The summed E-state index contributed by atoms with van der Waals surface area (Å²) in [5, 5.41) is 0. The van der Waals surface area contributed by atoms with Crippen LogP contribution in [0.25, 0.3) is 22.3 Å². The van der Waals surface area contributed by atoms with Gasteiger partial charge in [0.05, 0.1) is 0 Å². The second-order valence-electron chi connectivity index (χ2n) is 4.82. The summed E-state index contributed by atoms with van der Waals surface area (Å²) in [4.78, 5) is 0. The fraction of sp³-hybridized carbons (Fsp3) is 0. The Labute approximate surface area is 115 Å². The van der Waals surface area contributed by atoms with Gasteiger partial charge in [0.15, 0.2) is 0 Å². The summed E-state index contributed by atoms with van der Waals surface area (Å²) in [7, 11) is 2.15. The second kappa shape index (κ2) is 5.15. The zero-order valence-corrected chi connectivity index (χ0v) is 11.0. The van der Waals surface area contributed by atoms with E-state index in [0.717, 1.165) is 0 Å². The topological polar surface area (TPSA) is 0 Å². The van der Waals surface area contributed by atoms with Gasteiger partial charge in [0.2, 0.25) is 0 Å². The van der Waals surface area contributed by atoms with Crippen molar-refractivity contribution in [2.45, 2.75) is 0 Å². The minimum atomic E-state index is 1.27. The highest BCUT2D eigenvalue weighted by atomic mass is 14.1. The van der Waals surface area contributed by atoms with Gasteiger partial charge in [0, 0.05) is 0 Å². The molecule has 0 atom stereocenters. The van der Waals surface area contributed by atoms with Gasteiger partial charge in [-0.15, -0.1) is 0 Å². The third-order valence-corrected chi connectivity index (χ3v) is 3.29. The van der Waals surface area contributed by atoms with Crippen molar-refractivity contribution in [1.29, 1.82) is 0 Å². The van der Waals surface area contributed by atoms with Crippen LogP contribution < -0.4 is 5.46 Å². The molecule has 0 unspecified atom stereocenters. The summed E-state index contributed by atoms with van der Waals surface area (Å²) in [5.74, 6) is 0. The molecule has 0 saturated heterocycles. The van der Waals surface area contributed by atoms with E-state index >= 15 is 0 Å². The molecule has 0 saturated carbocycles. The van der Waals surface area contributed by atoms with E-state index in [9.17, 15) is 0 Å². The Balaban J connectivity index is 2.12. The van der Waals surface area contributed by atoms with Crippen molar-refractivity contribution in [2.24, 2.45) is 0 Å². The lowest BCUT2D eigenvalue weighted by molar-refractivity contribution is 1.61. The van der Waals surface area contributed by atoms with Crippen molar-refractivity contribution < 1.29 is 0 Å². The maximum absolute atomic E-state index is 2.26. The van der Waals surface area contributed by atoms with Gasteiger partial charge in [0.1, 0.15) is 7.85 Å². The smallest absolute Gasteiger partial charge is 0.0877 e. The Morgan fingerprint density at radius 1 is 0.474 bits per heavy atom. The molecular weight excluding hydrogens is 227 g/mol. The average molecular weight is 242 g/mol. The lowest BCUT2D eigenvalue weighted by Gasteiger charge is -2.08. The summed E-state index contributed by atoms with van der Waals surface area (Å²) >= 11 is 0. The summed E-state index contributed by atoms with van der Waals surface area (Å²) in [5.41, 5.74) is 6.38.